The molecule has 1 rings (SSSR count). The van der Waals surface area contributed by atoms with Crippen molar-refractivity contribution in [1.29, 1.82) is 0 Å². The number of nitrogens with two attached hydrogens (primary N) is 1. The Morgan fingerprint density at radius 1 is 1.38 bits per heavy atom. The van der Waals surface area contributed by atoms with E-state index in [2.05, 4.69) is 13.8 Å². The van der Waals surface area contributed by atoms with Gasteiger partial charge in [0.1, 0.15) is 10.6 Å². The molecular formula is C14H22N2O4S. The average molecular weight is 314 g/mol. The first-order valence-corrected chi connectivity index (χ1v) is 8.17. The molecule has 0 aromatic heterocycles. The van der Waals surface area contributed by atoms with Crippen LogP contribution < -0.4 is 9.88 Å². The summed E-state index contributed by atoms with van der Waals surface area (Å²) in [5.41, 5.74) is 0.270. The van der Waals surface area contributed by atoms with Crippen molar-refractivity contribution in [2.45, 2.75) is 25.2 Å². The molecule has 0 unspecified atom stereocenters. The molecule has 1 aromatic rings. The first-order chi connectivity index (χ1) is 9.66. The molecule has 0 radical (unpaired) electrons. The largest absolute Gasteiger partial charge is 0.495 e. The summed E-state index contributed by atoms with van der Waals surface area (Å²) in [5.74, 6) is 0.359. The minimum absolute atomic E-state index is 0.124. The van der Waals surface area contributed by atoms with Crippen molar-refractivity contribution in [3.05, 3.63) is 23.8 Å². The summed E-state index contributed by atoms with van der Waals surface area (Å²) >= 11 is 0. The fourth-order valence-electron chi connectivity index (χ4n) is 1.81. The number of hydrogen-bond donors (Lipinski definition) is 1. The van der Waals surface area contributed by atoms with Crippen LogP contribution in [-0.4, -0.2) is 39.9 Å². The highest BCUT2D eigenvalue weighted by atomic mass is 32.2. The molecule has 7 heteroatoms. The number of benzene rings is 1. The summed E-state index contributed by atoms with van der Waals surface area (Å²) < 4.78 is 28.1. The Morgan fingerprint density at radius 2 is 2.00 bits per heavy atom. The standard InChI is InChI=1S/C14H22N2O4S/c1-10(2)7-8-16(3)14(17)11-5-6-12(20-4)13(9-11)21(15,18)19/h5-6,9-10H,7-8H2,1-4H3,(H2,15,18,19). The number of methoxy groups -OCH3 is 1. The molecule has 0 heterocycles. The van der Waals surface area contributed by atoms with Gasteiger partial charge in [-0.15, -0.1) is 0 Å². The maximum atomic E-state index is 12.3. The molecule has 0 saturated carbocycles. The van der Waals surface area contributed by atoms with E-state index in [1.54, 1.807) is 11.9 Å². The van der Waals surface area contributed by atoms with E-state index in [1.807, 2.05) is 0 Å². The summed E-state index contributed by atoms with van der Waals surface area (Å²) in [4.78, 5) is 13.7. The van der Waals surface area contributed by atoms with E-state index in [1.165, 1.54) is 25.3 Å². The van der Waals surface area contributed by atoms with Crippen molar-refractivity contribution in [3.63, 3.8) is 0 Å². The number of primary sulfonamides is 1. The van der Waals surface area contributed by atoms with Crippen LogP contribution >= 0.6 is 0 Å². The van der Waals surface area contributed by atoms with Crippen LogP contribution in [0.3, 0.4) is 0 Å². The smallest absolute Gasteiger partial charge is 0.253 e. The van der Waals surface area contributed by atoms with Crippen LogP contribution in [0.15, 0.2) is 23.1 Å². The molecule has 0 saturated heterocycles. The Balaban J connectivity index is 3.06. The lowest BCUT2D eigenvalue weighted by Gasteiger charge is -2.19. The van der Waals surface area contributed by atoms with Crippen LogP contribution in [0.4, 0.5) is 0 Å². The molecule has 1 aromatic carbocycles. The predicted molar refractivity (Wildman–Crippen MR) is 80.8 cm³/mol. The van der Waals surface area contributed by atoms with Gasteiger partial charge in [0.05, 0.1) is 7.11 Å². The van der Waals surface area contributed by atoms with Gasteiger partial charge in [0.2, 0.25) is 10.0 Å². The molecular weight excluding hydrogens is 292 g/mol. The lowest BCUT2D eigenvalue weighted by molar-refractivity contribution is 0.0789. The molecule has 0 aliphatic heterocycles. The van der Waals surface area contributed by atoms with Gasteiger partial charge in [0.25, 0.3) is 5.91 Å². The molecule has 21 heavy (non-hydrogen) atoms. The van der Waals surface area contributed by atoms with E-state index in [9.17, 15) is 13.2 Å². The molecule has 0 aliphatic rings. The number of nitrogens with zero attached hydrogens (tertiary/aromatic N) is 1. The third-order valence-electron chi connectivity index (χ3n) is 3.11. The second-order valence-corrected chi connectivity index (χ2v) is 6.85. The van der Waals surface area contributed by atoms with Gasteiger partial charge < -0.3 is 9.64 Å². The topological polar surface area (TPSA) is 89.7 Å². The minimum atomic E-state index is -3.95. The Kier molecular flexibility index (Phi) is 5.74. The quantitative estimate of drug-likeness (QED) is 0.860. The van der Waals surface area contributed by atoms with Gasteiger partial charge in [0.15, 0.2) is 0 Å². The molecule has 6 nitrogen and oxygen atoms in total. The van der Waals surface area contributed by atoms with Gasteiger partial charge in [-0.05, 0) is 30.5 Å². The lowest BCUT2D eigenvalue weighted by atomic mass is 10.1. The zero-order chi connectivity index (χ0) is 16.2. The lowest BCUT2D eigenvalue weighted by Crippen LogP contribution is -2.28. The van der Waals surface area contributed by atoms with Crippen molar-refractivity contribution in [3.8, 4) is 5.75 Å². The van der Waals surface area contributed by atoms with Gasteiger partial charge >= 0.3 is 0 Å². The second-order valence-electron chi connectivity index (χ2n) is 5.32. The summed E-state index contributed by atoms with van der Waals surface area (Å²) in [6.07, 6.45) is 0.875. The van der Waals surface area contributed by atoms with Crippen molar-refractivity contribution in [1.82, 2.24) is 4.90 Å². The van der Waals surface area contributed by atoms with E-state index in [0.717, 1.165) is 6.42 Å². The van der Waals surface area contributed by atoms with Crippen LogP contribution in [-0.2, 0) is 10.0 Å². The highest BCUT2D eigenvalue weighted by molar-refractivity contribution is 7.89. The van der Waals surface area contributed by atoms with E-state index in [-0.39, 0.29) is 22.1 Å². The fourth-order valence-corrected chi connectivity index (χ4v) is 2.53. The highest BCUT2D eigenvalue weighted by Crippen LogP contribution is 2.24. The molecule has 2 N–H and O–H groups in total. The number of rotatable bonds is 6. The van der Waals surface area contributed by atoms with E-state index in [4.69, 9.17) is 9.88 Å². The van der Waals surface area contributed by atoms with Crippen LogP contribution in [0.2, 0.25) is 0 Å². The number of hydrogen-bond acceptors (Lipinski definition) is 4. The minimum Gasteiger partial charge on any atom is -0.495 e. The number of carbonyl (C=O) groups excluding carboxylic acids is 1. The van der Waals surface area contributed by atoms with E-state index < -0.39 is 10.0 Å². The summed E-state index contributed by atoms with van der Waals surface area (Å²) in [6, 6.07) is 4.22. The maximum Gasteiger partial charge on any atom is 0.253 e. The van der Waals surface area contributed by atoms with Crippen LogP contribution in [0, 0.1) is 5.92 Å². The number of sulfonamides is 1. The molecule has 0 aliphatic carbocycles. The van der Waals surface area contributed by atoms with Gasteiger partial charge in [-0.25, -0.2) is 13.6 Å². The summed E-state index contributed by atoms with van der Waals surface area (Å²) in [6.45, 7) is 4.75. The van der Waals surface area contributed by atoms with Gasteiger partial charge in [-0.2, -0.15) is 0 Å². The van der Waals surface area contributed by atoms with E-state index in [0.29, 0.717) is 12.5 Å². The number of amides is 1. The number of carbonyl (C=O) groups is 1. The molecule has 0 bridgehead atoms. The average Bonchev–Trinajstić information content (AvgIpc) is 2.42. The third kappa shape index (κ3) is 4.71. The van der Waals surface area contributed by atoms with Gasteiger partial charge in [0, 0.05) is 19.2 Å². The van der Waals surface area contributed by atoms with Crippen LogP contribution in [0.1, 0.15) is 30.6 Å². The monoisotopic (exact) mass is 314 g/mol. The SMILES string of the molecule is COc1ccc(C(=O)N(C)CCC(C)C)cc1S(N)(=O)=O. The fraction of sp³-hybridized carbons (Fsp3) is 0.500. The highest BCUT2D eigenvalue weighted by Gasteiger charge is 2.19. The van der Waals surface area contributed by atoms with Crippen LogP contribution in [0.5, 0.6) is 5.75 Å². The Bertz CT molecular complexity index is 611. The maximum absolute atomic E-state index is 12.3. The number of ether oxygens (including phenoxy) is 1. The third-order valence-corrected chi connectivity index (χ3v) is 4.04. The Hall–Kier alpha value is -1.60. The molecule has 118 valence electrons. The van der Waals surface area contributed by atoms with Gasteiger partial charge in [-0.3, -0.25) is 4.79 Å². The molecule has 1 amide bonds. The summed E-state index contributed by atoms with van der Waals surface area (Å²) in [7, 11) is -0.915. The zero-order valence-corrected chi connectivity index (χ0v) is 13.6. The van der Waals surface area contributed by atoms with Crippen molar-refractivity contribution >= 4 is 15.9 Å². The van der Waals surface area contributed by atoms with Gasteiger partial charge in [-0.1, -0.05) is 13.8 Å². The van der Waals surface area contributed by atoms with Crippen molar-refractivity contribution < 1.29 is 17.9 Å². The Labute approximate surface area is 125 Å². The van der Waals surface area contributed by atoms with E-state index >= 15 is 0 Å². The normalized spacial score (nSPS) is 11.5. The Morgan fingerprint density at radius 3 is 2.48 bits per heavy atom. The first kappa shape index (κ1) is 17.5. The molecule has 0 spiro atoms. The molecule has 0 atom stereocenters. The zero-order valence-electron chi connectivity index (χ0n) is 12.8. The second kappa shape index (κ2) is 6.91. The van der Waals surface area contributed by atoms with Crippen molar-refractivity contribution in [2.75, 3.05) is 20.7 Å². The summed E-state index contributed by atoms with van der Waals surface area (Å²) in [5, 5.41) is 5.14. The first-order valence-electron chi connectivity index (χ1n) is 6.63. The van der Waals surface area contributed by atoms with Crippen LogP contribution in [0.25, 0.3) is 0 Å². The predicted octanol–water partition coefficient (Wildman–Crippen LogP) is 1.46. The van der Waals surface area contributed by atoms with Crippen molar-refractivity contribution in [2.24, 2.45) is 11.1 Å². The molecule has 0 fully saturated rings.